The van der Waals surface area contributed by atoms with Gasteiger partial charge in [-0.1, -0.05) is 98.5 Å². The van der Waals surface area contributed by atoms with Gasteiger partial charge in [-0.15, -0.1) is 11.3 Å². The van der Waals surface area contributed by atoms with Crippen molar-refractivity contribution in [3.05, 3.63) is 171 Å². The van der Waals surface area contributed by atoms with E-state index >= 15 is 0 Å². The number of carbonyl (C=O) groups excluding carboxylic acids is 5. The van der Waals surface area contributed by atoms with Crippen LogP contribution in [0.2, 0.25) is 0 Å². The number of nitrogens with zero attached hydrogens (tertiary/aromatic N) is 4. The molecule has 16 nitrogen and oxygen atoms in total. The van der Waals surface area contributed by atoms with E-state index in [9.17, 15) is 33.5 Å². The first-order chi connectivity index (χ1) is 37.8. The van der Waals surface area contributed by atoms with E-state index in [0.29, 0.717) is 33.6 Å². The monoisotopic (exact) mass is 1080 g/mol. The van der Waals surface area contributed by atoms with Gasteiger partial charge in [0.25, 0.3) is 11.8 Å². The van der Waals surface area contributed by atoms with Gasteiger partial charge < -0.3 is 48.8 Å². The highest BCUT2D eigenvalue weighted by Crippen LogP contribution is 2.39. The van der Waals surface area contributed by atoms with E-state index in [2.05, 4.69) is 22.1 Å². The fourth-order valence-electron chi connectivity index (χ4n) is 10.1. The van der Waals surface area contributed by atoms with Crippen LogP contribution in [0.3, 0.4) is 0 Å². The minimum Gasteiger partial charge on any atom is -0.491 e. The van der Waals surface area contributed by atoms with Crippen LogP contribution in [-0.4, -0.2) is 119 Å². The number of hydrogen-bond donors (Lipinski definition) is 2. The highest BCUT2D eigenvalue weighted by Gasteiger charge is 2.46. The SMILES string of the molecule is COC(=O)C(c1cc(F)ccc1OCc1ccccc1)N1Cc2cccc(C#CCOCCOCCOc3cc(-c4scnc4C)ccc3CNC(=O)[C@@H]3C[C@@H](O)CN3C(=O)[C@H](C(C)C)N3Cc4ccccc4C3=O)c2C1=O. The third-order valence-corrected chi connectivity index (χ3v) is 14.9. The number of aryl methyl sites for hydroxylation is 1. The van der Waals surface area contributed by atoms with E-state index in [1.807, 2.05) is 81.4 Å². The summed E-state index contributed by atoms with van der Waals surface area (Å²) in [5.41, 5.74) is 8.05. The Morgan fingerprint density at radius 1 is 0.846 bits per heavy atom. The first-order valence-corrected chi connectivity index (χ1v) is 26.6. The molecule has 4 atom stereocenters. The molecule has 0 bridgehead atoms. The summed E-state index contributed by atoms with van der Waals surface area (Å²) in [4.78, 5) is 79.0. The van der Waals surface area contributed by atoms with Gasteiger partial charge in [0, 0.05) is 54.9 Å². The second kappa shape index (κ2) is 25.0. The van der Waals surface area contributed by atoms with Crippen LogP contribution < -0.4 is 14.8 Å². The number of nitrogens with one attached hydrogen (secondary N) is 1. The summed E-state index contributed by atoms with van der Waals surface area (Å²) in [7, 11) is 1.21. The van der Waals surface area contributed by atoms with Crippen molar-refractivity contribution in [3.8, 4) is 33.8 Å². The van der Waals surface area contributed by atoms with Crippen molar-refractivity contribution in [3.63, 3.8) is 0 Å². The molecule has 3 aliphatic heterocycles. The van der Waals surface area contributed by atoms with Crippen molar-refractivity contribution in [2.24, 2.45) is 5.92 Å². The molecule has 78 heavy (non-hydrogen) atoms. The molecule has 0 aliphatic carbocycles. The van der Waals surface area contributed by atoms with Gasteiger partial charge in [0.2, 0.25) is 11.8 Å². The number of thiazole rings is 1. The second-order valence-corrected chi connectivity index (χ2v) is 20.3. The van der Waals surface area contributed by atoms with Crippen molar-refractivity contribution < 1.29 is 57.2 Å². The molecule has 6 aromatic rings. The number of aromatic nitrogens is 1. The Hall–Kier alpha value is -7.95. The van der Waals surface area contributed by atoms with Gasteiger partial charge >= 0.3 is 5.97 Å². The van der Waals surface area contributed by atoms with Crippen LogP contribution in [-0.2, 0) is 54.8 Å². The Labute approximate surface area is 456 Å². The van der Waals surface area contributed by atoms with Gasteiger partial charge in [0.1, 0.15) is 49.2 Å². The Kier molecular flexibility index (Phi) is 17.6. The average molecular weight is 1080 g/mol. The van der Waals surface area contributed by atoms with Crippen LogP contribution in [0.1, 0.15) is 86.1 Å². The molecule has 5 aromatic carbocycles. The standard InChI is InChI=1S/C60H60FN5O11S/c1-37(2)53(65-32-43-14-8-9-18-47(43)57(65)69)59(71)64-34-46(67)30-49(64)56(68)62-31-42-20-19-41(55-38(3)63-36-78-55)28-51(42)76-27-26-75-25-24-74-23-11-17-40-15-10-16-44-33-66(58(70)52(40)44)54(60(72)73-4)48-29-45(61)21-22-50(48)77-35-39-12-6-5-7-13-39/h5-10,12-16,18-22,28-29,36-37,46,49,53-54,67H,23-27,30-35H2,1-4H3,(H,62,68)/t46-,49+,53+,54?/m1/s1. The number of carbonyl (C=O) groups is 5. The molecule has 9 rings (SSSR count). The van der Waals surface area contributed by atoms with E-state index in [1.54, 1.807) is 40.7 Å². The lowest BCUT2D eigenvalue weighted by Crippen LogP contribution is -2.55. The molecule has 404 valence electrons. The molecule has 0 saturated carbocycles. The minimum atomic E-state index is -1.30. The molecule has 0 spiro atoms. The van der Waals surface area contributed by atoms with E-state index in [-0.39, 0.29) is 101 Å². The normalized spacial score (nSPS) is 16.4. The van der Waals surface area contributed by atoms with Crippen LogP contribution in [0.5, 0.6) is 11.5 Å². The fraction of sp³-hybridized carbons (Fsp3) is 0.333. The molecule has 1 saturated heterocycles. The summed E-state index contributed by atoms with van der Waals surface area (Å²) in [5, 5.41) is 13.8. The number of hydrogen-bond acceptors (Lipinski definition) is 13. The van der Waals surface area contributed by atoms with Gasteiger partial charge in [0.05, 0.1) is 54.7 Å². The van der Waals surface area contributed by atoms with E-state index < -0.39 is 47.8 Å². The zero-order chi connectivity index (χ0) is 54.9. The largest absolute Gasteiger partial charge is 0.491 e. The number of amides is 4. The zero-order valence-corrected chi connectivity index (χ0v) is 44.6. The summed E-state index contributed by atoms with van der Waals surface area (Å²) >= 11 is 1.50. The van der Waals surface area contributed by atoms with Gasteiger partial charge in [-0.25, -0.2) is 14.2 Å². The number of likely N-dealkylation sites (tertiary alicyclic amines) is 1. The molecule has 4 amide bonds. The van der Waals surface area contributed by atoms with E-state index in [1.165, 1.54) is 46.4 Å². The van der Waals surface area contributed by atoms with Gasteiger partial charge in [-0.2, -0.15) is 0 Å². The van der Waals surface area contributed by atoms with E-state index in [0.717, 1.165) is 27.3 Å². The maximum atomic E-state index is 14.8. The number of halogens is 1. The maximum absolute atomic E-state index is 14.8. The molecule has 3 aliphatic rings. The number of β-amino-alcohol motifs (C(OH)–C–C–N with tert-alkyl or cyclic N) is 1. The van der Waals surface area contributed by atoms with Gasteiger partial charge in [-0.05, 0) is 71.5 Å². The quantitative estimate of drug-likeness (QED) is 0.0413. The zero-order valence-electron chi connectivity index (χ0n) is 43.7. The van der Waals surface area contributed by atoms with Crippen molar-refractivity contribution in [1.82, 2.24) is 25.0 Å². The summed E-state index contributed by atoms with van der Waals surface area (Å²) in [6.07, 6.45) is -0.856. The Bertz CT molecular complexity index is 3250. The summed E-state index contributed by atoms with van der Waals surface area (Å²) < 4.78 is 43.9. The summed E-state index contributed by atoms with van der Waals surface area (Å²) in [6.45, 7) is 7.06. The molecule has 4 heterocycles. The van der Waals surface area contributed by atoms with Crippen molar-refractivity contribution in [2.45, 2.75) is 77.7 Å². The molecular formula is C60H60FN5O11S. The predicted molar refractivity (Wildman–Crippen MR) is 287 cm³/mol. The number of fused-ring (bicyclic) bond motifs is 2. The van der Waals surface area contributed by atoms with Crippen molar-refractivity contribution in [1.29, 1.82) is 0 Å². The lowest BCUT2D eigenvalue weighted by Gasteiger charge is -2.35. The van der Waals surface area contributed by atoms with E-state index in [4.69, 9.17) is 23.7 Å². The lowest BCUT2D eigenvalue weighted by molar-refractivity contribution is -0.146. The minimum absolute atomic E-state index is 0.0294. The topological polar surface area (TPSA) is 186 Å². The summed E-state index contributed by atoms with van der Waals surface area (Å²) in [6, 6.07) is 28.4. The van der Waals surface area contributed by atoms with Crippen molar-refractivity contribution >= 4 is 40.9 Å². The molecule has 18 heteroatoms. The first kappa shape index (κ1) is 54.8. The number of aliphatic hydroxyl groups excluding tert-OH is 1. The van der Waals surface area contributed by atoms with Crippen LogP contribution in [0.4, 0.5) is 4.39 Å². The van der Waals surface area contributed by atoms with Crippen LogP contribution in [0, 0.1) is 30.5 Å². The fourth-order valence-corrected chi connectivity index (χ4v) is 10.9. The van der Waals surface area contributed by atoms with Gasteiger partial charge in [-0.3, -0.25) is 19.2 Å². The summed E-state index contributed by atoms with van der Waals surface area (Å²) in [5.74, 6) is 3.64. The number of aliphatic hydroxyl groups is 1. The second-order valence-electron chi connectivity index (χ2n) is 19.5. The molecule has 1 aromatic heterocycles. The Morgan fingerprint density at radius 3 is 2.37 bits per heavy atom. The lowest BCUT2D eigenvalue weighted by atomic mass is 10.0. The average Bonchev–Trinajstić information content (AvgIpc) is 4.26. The van der Waals surface area contributed by atoms with Crippen LogP contribution in [0.25, 0.3) is 10.4 Å². The van der Waals surface area contributed by atoms with Gasteiger partial charge in [0.15, 0.2) is 6.04 Å². The number of ether oxygens (including phenoxy) is 5. The highest BCUT2D eigenvalue weighted by molar-refractivity contribution is 7.13. The van der Waals surface area contributed by atoms with Crippen LogP contribution in [0.15, 0.2) is 115 Å². The molecule has 2 N–H and O–H groups in total. The molecular weight excluding hydrogens is 1020 g/mol. The third kappa shape index (κ3) is 12.2. The smallest absolute Gasteiger partial charge is 0.333 e. The van der Waals surface area contributed by atoms with Crippen LogP contribution >= 0.6 is 11.3 Å². The number of benzene rings is 5. The molecule has 0 radical (unpaired) electrons. The van der Waals surface area contributed by atoms with Crippen molar-refractivity contribution in [2.75, 3.05) is 46.7 Å². The number of methoxy groups -OCH3 is 1. The highest BCUT2D eigenvalue weighted by atomic mass is 32.1. The first-order valence-electron chi connectivity index (χ1n) is 25.7. The number of esters is 1. The predicted octanol–water partition coefficient (Wildman–Crippen LogP) is 7.43. The third-order valence-electron chi connectivity index (χ3n) is 13.9. The Morgan fingerprint density at radius 2 is 1.60 bits per heavy atom. The number of rotatable bonds is 21. The maximum Gasteiger partial charge on any atom is 0.333 e. The molecule has 1 unspecified atom stereocenters. The molecule has 1 fully saturated rings. The Balaban J connectivity index is 0.775.